The third-order valence-electron chi connectivity index (χ3n) is 0.558. The van der Waals surface area contributed by atoms with E-state index in [-0.39, 0.29) is 5.70 Å². The minimum Gasteiger partial charge on any atom is -0.477 e. The molecule has 7 heavy (non-hydrogen) atoms. The Morgan fingerprint density at radius 1 is 1.86 bits per heavy atom. The Kier molecular flexibility index (Phi) is 1.91. The number of hydrogen-bond donors (Lipinski definition) is 2. The Balaban J connectivity index is 3.82. The number of nitrogens with two attached hydrogens (primary N) is 1. The van der Waals surface area contributed by atoms with Gasteiger partial charge < -0.3 is 10.8 Å². The molecule has 40 valence electrons. The largest absolute Gasteiger partial charge is 0.477 e. The van der Waals surface area contributed by atoms with Gasteiger partial charge in [-0.2, -0.15) is 0 Å². The number of carboxylic acid groups (broad SMARTS) is 1. The Hall–Kier alpha value is -0.990. The molecule has 0 rings (SSSR count). The van der Waals surface area contributed by atoms with Gasteiger partial charge in [0.1, 0.15) is 5.70 Å². The molecule has 0 heterocycles. The Bertz CT molecular complexity index is 106. The molecule has 3 N–H and O–H groups in total. The second kappa shape index (κ2) is 2.23. The first-order valence-corrected chi connectivity index (χ1v) is 1.83. The van der Waals surface area contributed by atoms with Crippen LogP contribution in [0.4, 0.5) is 0 Å². The lowest BCUT2D eigenvalue weighted by atomic mass is 10.4. The van der Waals surface area contributed by atoms with Crippen LogP contribution in [-0.2, 0) is 4.79 Å². The minimum atomic E-state index is -1.07. The molecule has 0 unspecified atom stereocenters. The molecule has 0 fully saturated rings. The molecule has 0 saturated carbocycles. The van der Waals surface area contributed by atoms with Crippen LogP contribution in [0.25, 0.3) is 0 Å². The maximum absolute atomic E-state index is 9.74. The molecule has 0 aliphatic heterocycles. The summed E-state index contributed by atoms with van der Waals surface area (Å²) in [5.74, 6) is -1.07. The van der Waals surface area contributed by atoms with Gasteiger partial charge in [0.05, 0.1) is 0 Å². The van der Waals surface area contributed by atoms with Crippen LogP contribution in [0.5, 0.6) is 0 Å². The highest BCUT2D eigenvalue weighted by Crippen LogP contribution is 1.78. The summed E-state index contributed by atoms with van der Waals surface area (Å²) in [4.78, 5) is 9.74. The third kappa shape index (κ3) is 1.81. The van der Waals surface area contributed by atoms with Crippen molar-refractivity contribution in [2.45, 2.75) is 6.92 Å². The first-order chi connectivity index (χ1) is 3.18. The predicted octanol–water partition coefficient (Wildman–Crippen LogP) is -0.0665. The van der Waals surface area contributed by atoms with Crippen molar-refractivity contribution in [1.29, 1.82) is 0 Å². The number of hydrogen-bond acceptors (Lipinski definition) is 2. The van der Waals surface area contributed by atoms with Crippen LogP contribution in [0.3, 0.4) is 0 Å². The minimum absolute atomic E-state index is 0.111. The fourth-order valence-corrected chi connectivity index (χ4v) is 0.123. The van der Waals surface area contributed by atoms with Gasteiger partial charge in [0.25, 0.3) is 0 Å². The van der Waals surface area contributed by atoms with Crippen LogP contribution < -0.4 is 5.73 Å². The molecule has 0 aliphatic rings. The van der Waals surface area contributed by atoms with E-state index >= 15 is 0 Å². The second-order valence-corrected chi connectivity index (χ2v) is 1.05. The van der Waals surface area contributed by atoms with Crippen molar-refractivity contribution in [3.05, 3.63) is 11.8 Å². The zero-order valence-corrected chi connectivity index (χ0v) is 4.01. The number of allylic oxidation sites excluding steroid dienone is 1. The van der Waals surface area contributed by atoms with E-state index in [1.54, 1.807) is 6.92 Å². The molecule has 0 saturated heterocycles. The molecular formula is C4H7NO2. The van der Waals surface area contributed by atoms with E-state index in [4.69, 9.17) is 10.8 Å². The molecular weight excluding hydrogens is 94.0 g/mol. The monoisotopic (exact) mass is 101 g/mol. The molecule has 0 amide bonds. The van der Waals surface area contributed by atoms with Crippen molar-refractivity contribution in [2.75, 3.05) is 0 Å². The van der Waals surface area contributed by atoms with Crippen molar-refractivity contribution < 1.29 is 9.90 Å². The van der Waals surface area contributed by atoms with Gasteiger partial charge >= 0.3 is 5.97 Å². The van der Waals surface area contributed by atoms with Crippen molar-refractivity contribution in [3.8, 4) is 0 Å². The summed E-state index contributed by atoms with van der Waals surface area (Å²) < 4.78 is 0. The zero-order chi connectivity index (χ0) is 5.86. The van der Waals surface area contributed by atoms with Crippen molar-refractivity contribution in [2.24, 2.45) is 5.73 Å². The lowest BCUT2D eigenvalue weighted by Crippen LogP contribution is -2.08. The zero-order valence-electron chi connectivity index (χ0n) is 4.01. The van der Waals surface area contributed by atoms with Crippen LogP contribution in [0, 0.1) is 0 Å². The number of carboxylic acids is 1. The van der Waals surface area contributed by atoms with Crippen LogP contribution in [0.15, 0.2) is 11.8 Å². The van der Waals surface area contributed by atoms with Crippen molar-refractivity contribution in [3.63, 3.8) is 0 Å². The van der Waals surface area contributed by atoms with E-state index in [0.29, 0.717) is 0 Å². The van der Waals surface area contributed by atoms with Gasteiger partial charge in [0, 0.05) is 0 Å². The molecule has 0 aromatic rings. The van der Waals surface area contributed by atoms with Gasteiger partial charge in [-0.1, -0.05) is 6.08 Å². The average Bonchev–Trinajstić information content (AvgIpc) is 1.65. The van der Waals surface area contributed by atoms with Gasteiger partial charge in [-0.25, -0.2) is 4.79 Å². The first-order valence-electron chi connectivity index (χ1n) is 1.83. The SMILES string of the molecule is C/C=C(\N)C(=O)O. The number of carbonyl (C=O) groups is 1. The molecule has 0 radical (unpaired) electrons. The summed E-state index contributed by atoms with van der Waals surface area (Å²) in [6.45, 7) is 1.57. The maximum Gasteiger partial charge on any atom is 0.351 e. The van der Waals surface area contributed by atoms with Crippen LogP contribution in [0.2, 0.25) is 0 Å². The average molecular weight is 101 g/mol. The molecule has 0 bridgehead atoms. The van der Waals surface area contributed by atoms with Gasteiger partial charge in [-0.15, -0.1) is 0 Å². The summed E-state index contributed by atoms with van der Waals surface area (Å²) in [6, 6.07) is 0. The summed E-state index contributed by atoms with van der Waals surface area (Å²) >= 11 is 0. The fourth-order valence-electron chi connectivity index (χ4n) is 0.123. The molecule has 0 aromatic carbocycles. The molecule has 0 aromatic heterocycles. The highest BCUT2D eigenvalue weighted by atomic mass is 16.4. The van der Waals surface area contributed by atoms with E-state index in [0.717, 1.165) is 0 Å². The molecule has 0 spiro atoms. The highest BCUT2D eigenvalue weighted by molar-refractivity contribution is 5.85. The van der Waals surface area contributed by atoms with E-state index in [1.807, 2.05) is 0 Å². The van der Waals surface area contributed by atoms with Gasteiger partial charge in [-0.05, 0) is 6.92 Å². The van der Waals surface area contributed by atoms with Crippen molar-refractivity contribution in [1.82, 2.24) is 0 Å². The van der Waals surface area contributed by atoms with E-state index in [1.165, 1.54) is 6.08 Å². The summed E-state index contributed by atoms with van der Waals surface area (Å²) in [5, 5.41) is 7.99. The lowest BCUT2D eigenvalue weighted by molar-refractivity contribution is -0.132. The Labute approximate surface area is 41.4 Å². The molecule has 0 aliphatic carbocycles. The van der Waals surface area contributed by atoms with Crippen molar-refractivity contribution >= 4 is 5.97 Å². The Morgan fingerprint density at radius 2 is 2.29 bits per heavy atom. The van der Waals surface area contributed by atoms with E-state index in [2.05, 4.69) is 0 Å². The predicted molar refractivity (Wildman–Crippen MR) is 25.6 cm³/mol. The maximum atomic E-state index is 9.74. The summed E-state index contributed by atoms with van der Waals surface area (Å²) in [6.07, 6.45) is 1.34. The quantitative estimate of drug-likeness (QED) is 0.454. The molecule has 3 nitrogen and oxygen atoms in total. The van der Waals surface area contributed by atoms with Gasteiger partial charge in [-0.3, -0.25) is 0 Å². The first kappa shape index (κ1) is 6.01. The van der Waals surface area contributed by atoms with E-state index < -0.39 is 5.97 Å². The second-order valence-electron chi connectivity index (χ2n) is 1.05. The normalized spacial score (nSPS) is 11.3. The topological polar surface area (TPSA) is 63.3 Å². The standard InChI is InChI=1S/C4H7NO2/c1-2-3(5)4(6)7/h2H,5H2,1H3,(H,6,7)/b3-2-. The molecule has 3 heteroatoms. The van der Waals surface area contributed by atoms with Crippen LogP contribution >= 0.6 is 0 Å². The van der Waals surface area contributed by atoms with Gasteiger partial charge in [0.2, 0.25) is 0 Å². The van der Waals surface area contributed by atoms with E-state index in [9.17, 15) is 4.79 Å². The summed E-state index contributed by atoms with van der Waals surface area (Å²) in [7, 11) is 0. The third-order valence-corrected chi connectivity index (χ3v) is 0.558. The smallest absolute Gasteiger partial charge is 0.351 e. The van der Waals surface area contributed by atoms with Crippen LogP contribution in [0.1, 0.15) is 6.92 Å². The summed E-state index contributed by atoms with van der Waals surface area (Å²) in [5.41, 5.74) is 4.77. The highest BCUT2D eigenvalue weighted by Gasteiger charge is 1.94. The fraction of sp³-hybridized carbons (Fsp3) is 0.250. The van der Waals surface area contributed by atoms with Crippen LogP contribution in [-0.4, -0.2) is 11.1 Å². The lowest BCUT2D eigenvalue weighted by Gasteiger charge is -1.85. The number of aliphatic carboxylic acids is 1. The number of rotatable bonds is 1. The molecule has 0 atom stereocenters. The Morgan fingerprint density at radius 3 is 2.29 bits per heavy atom. The van der Waals surface area contributed by atoms with Gasteiger partial charge in [0.15, 0.2) is 0 Å².